The van der Waals surface area contributed by atoms with Gasteiger partial charge in [0.25, 0.3) is 0 Å². The molecule has 5 heteroatoms. The summed E-state index contributed by atoms with van der Waals surface area (Å²) in [5.74, 6) is -0.0544. The van der Waals surface area contributed by atoms with Crippen molar-refractivity contribution in [2.75, 3.05) is 17.2 Å². The SMILES string of the molecule is Nc1cc(-c2ccc3c(c2)C(=O)c2cc(N)ccc2-3)cc(-c2ccc3c(c2)C(=O)c2cc(N)ccc2-3)c1. The van der Waals surface area contributed by atoms with Crippen LogP contribution < -0.4 is 17.2 Å². The molecule has 0 atom stereocenters. The van der Waals surface area contributed by atoms with Crippen LogP contribution in [0.2, 0.25) is 0 Å². The second-order valence-electron chi connectivity index (χ2n) is 9.63. The number of rotatable bonds is 2. The minimum absolute atomic E-state index is 0.0272. The summed E-state index contributed by atoms with van der Waals surface area (Å²) in [6.07, 6.45) is 0. The van der Waals surface area contributed by atoms with Crippen molar-refractivity contribution in [2.45, 2.75) is 0 Å². The van der Waals surface area contributed by atoms with Crippen LogP contribution in [0.4, 0.5) is 17.1 Å². The predicted octanol–water partition coefficient (Wildman–Crippen LogP) is 6.19. The second-order valence-corrected chi connectivity index (χ2v) is 9.63. The number of nitrogens with two attached hydrogens (primary N) is 3. The number of hydrogen-bond donors (Lipinski definition) is 3. The van der Waals surface area contributed by atoms with Gasteiger partial charge in [0.05, 0.1) is 0 Å². The molecule has 0 aromatic heterocycles. The van der Waals surface area contributed by atoms with Crippen molar-refractivity contribution in [3.63, 3.8) is 0 Å². The average molecular weight is 480 g/mol. The van der Waals surface area contributed by atoms with Crippen molar-refractivity contribution < 1.29 is 9.59 Å². The van der Waals surface area contributed by atoms with Crippen LogP contribution in [-0.2, 0) is 0 Å². The van der Waals surface area contributed by atoms with Gasteiger partial charge in [0, 0.05) is 39.3 Å². The average Bonchev–Trinajstić information content (AvgIpc) is 3.33. The summed E-state index contributed by atoms with van der Waals surface area (Å²) in [4.78, 5) is 26.2. The van der Waals surface area contributed by atoms with Crippen LogP contribution in [0.25, 0.3) is 44.5 Å². The number of hydrogen-bond acceptors (Lipinski definition) is 5. The lowest BCUT2D eigenvalue weighted by Gasteiger charge is -2.11. The zero-order valence-electron chi connectivity index (χ0n) is 19.7. The fraction of sp³-hybridized carbons (Fsp3) is 0. The highest BCUT2D eigenvalue weighted by Crippen LogP contribution is 2.42. The van der Waals surface area contributed by atoms with E-state index in [2.05, 4.69) is 0 Å². The molecule has 0 radical (unpaired) electrons. The zero-order chi connectivity index (χ0) is 25.4. The van der Waals surface area contributed by atoms with Crippen molar-refractivity contribution >= 4 is 28.6 Å². The molecule has 5 nitrogen and oxygen atoms in total. The van der Waals surface area contributed by atoms with Crippen molar-refractivity contribution in [3.8, 4) is 44.5 Å². The molecule has 0 aliphatic heterocycles. The lowest BCUT2D eigenvalue weighted by Crippen LogP contribution is -1.97. The Hall–Kier alpha value is -5.16. The molecular formula is C32H21N3O2. The second kappa shape index (κ2) is 7.42. The van der Waals surface area contributed by atoms with Gasteiger partial charge in [0.1, 0.15) is 0 Å². The maximum Gasteiger partial charge on any atom is 0.194 e. The van der Waals surface area contributed by atoms with E-state index in [1.807, 2.05) is 78.9 Å². The first-order valence-corrected chi connectivity index (χ1v) is 12.0. The van der Waals surface area contributed by atoms with Gasteiger partial charge >= 0.3 is 0 Å². The molecule has 2 aliphatic rings. The monoisotopic (exact) mass is 479 g/mol. The maximum absolute atomic E-state index is 13.1. The van der Waals surface area contributed by atoms with E-state index in [0.717, 1.165) is 44.5 Å². The van der Waals surface area contributed by atoms with Gasteiger partial charge in [-0.2, -0.15) is 0 Å². The quantitative estimate of drug-likeness (QED) is 0.256. The van der Waals surface area contributed by atoms with Gasteiger partial charge in [-0.1, -0.05) is 36.4 Å². The van der Waals surface area contributed by atoms with E-state index >= 15 is 0 Å². The first kappa shape index (κ1) is 21.1. The van der Waals surface area contributed by atoms with E-state index < -0.39 is 0 Å². The van der Waals surface area contributed by atoms with Crippen LogP contribution in [0.1, 0.15) is 31.8 Å². The van der Waals surface area contributed by atoms with Crippen LogP contribution in [-0.4, -0.2) is 11.6 Å². The minimum atomic E-state index is -0.0272. The molecule has 0 spiro atoms. The van der Waals surface area contributed by atoms with E-state index in [1.165, 1.54) is 0 Å². The molecule has 0 saturated carbocycles. The predicted molar refractivity (Wildman–Crippen MR) is 148 cm³/mol. The lowest BCUT2D eigenvalue weighted by molar-refractivity contribution is 0.103. The van der Waals surface area contributed by atoms with Crippen LogP contribution in [0.3, 0.4) is 0 Å². The van der Waals surface area contributed by atoms with Crippen molar-refractivity contribution in [1.82, 2.24) is 0 Å². The first-order valence-electron chi connectivity index (χ1n) is 12.0. The number of ketones is 2. The molecule has 2 aliphatic carbocycles. The summed E-state index contributed by atoms with van der Waals surface area (Å²) in [6.45, 7) is 0. The maximum atomic E-state index is 13.1. The Balaban J connectivity index is 1.30. The number of carbonyl (C=O) groups is 2. The highest BCUT2D eigenvalue weighted by molar-refractivity contribution is 6.23. The summed E-state index contributed by atoms with van der Waals surface area (Å²) < 4.78 is 0. The van der Waals surface area contributed by atoms with Crippen molar-refractivity contribution in [3.05, 3.63) is 113 Å². The molecule has 5 aromatic carbocycles. The van der Waals surface area contributed by atoms with Gasteiger partial charge in [0.15, 0.2) is 11.6 Å². The number of nitrogen functional groups attached to an aromatic ring is 3. The van der Waals surface area contributed by atoms with Gasteiger partial charge < -0.3 is 17.2 Å². The fourth-order valence-corrected chi connectivity index (χ4v) is 5.54. The number of anilines is 3. The van der Waals surface area contributed by atoms with Gasteiger partial charge in [0.2, 0.25) is 0 Å². The molecule has 6 N–H and O–H groups in total. The highest BCUT2D eigenvalue weighted by Gasteiger charge is 2.28. The van der Waals surface area contributed by atoms with Crippen LogP contribution in [0, 0.1) is 0 Å². The van der Waals surface area contributed by atoms with E-state index in [4.69, 9.17) is 17.2 Å². The summed E-state index contributed by atoms with van der Waals surface area (Å²) in [6, 6.07) is 28.5. The third kappa shape index (κ3) is 3.11. The summed E-state index contributed by atoms with van der Waals surface area (Å²) in [5, 5.41) is 0. The third-order valence-electron chi connectivity index (χ3n) is 7.31. The molecule has 0 heterocycles. The third-order valence-corrected chi connectivity index (χ3v) is 7.31. The van der Waals surface area contributed by atoms with Crippen LogP contribution in [0.5, 0.6) is 0 Å². The van der Waals surface area contributed by atoms with E-state index in [-0.39, 0.29) is 11.6 Å². The Morgan fingerprint density at radius 2 is 0.703 bits per heavy atom. The lowest BCUT2D eigenvalue weighted by atomic mass is 9.94. The smallest absolute Gasteiger partial charge is 0.194 e. The Kier molecular flexibility index (Phi) is 4.24. The molecule has 0 saturated heterocycles. The topological polar surface area (TPSA) is 112 Å². The largest absolute Gasteiger partial charge is 0.399 e. The molecule has 0 unspecified atom stereocenters. The molecular weight excluding hydrogens is 458 g/mol. The number of benzene rings is 5. The Morgan fingerprint density at radius 3 is 1.14 bits per heavy atom. The van der Waals surface area contributed by atoms with Gasteiger partial charge in [-0.15, -0.1) is 0 Å². The molecule has 0 bridgehead atoms. The van der Waals surface area contributed by atoms with Gasteiger partial charge in [-0.25, -0.2) is 0 Å². The van der Waals surface area contributed by atoms with E-state index in [1.54, 1.807) is 12.1 Å². The van der Waals surface area contributed by atoms with Crippen LogP contribution >= 0.6 is 0 Å². The highest BCUT2D eigenvalue weighted by atomic mass is 16.1. The zero-order valence-corrected chi connectivity index (χ0v) is 19.7. The van der Waals surface area contributed by atoms with Crippen molar-refractivity contribution in [2.24, 2.45) is 0 Å². The minimum Gasteiger partial charge on any atom is -0.399 e. The number of carbonyl (C=O) groups excluding carboxylic acids is 2. The van der Waals surface area contributed by atoms with Gasteiger partial charge in [-0.05, 0) is 99.1 Å². The summed E-state index contributed by atoms with van der Waals surface area (Å²) in [5.41, 5.74) is 29.7. The molecule has 176 valence electrons. The van der Waals surface area contributed by atoms with E-state index in [0.29, 0.717) is 39.3 Å². The van der Waals surface area contributed by atoms with Crippen LogP contribution in [0.15, 0.2) is 91.0 Å². The fourth-order valence-electron chi connectivity index (χ4n) is 5.54. The van der Waals surface area contributed by atoms with Crippen molar-refractivity contribution in [1.29, 1.82) is 0 Å². The molecule has 0 fully saturated rings. The Labute approximate surface area is 213 Å². The standard InChI is InChI=1S/C32H21N3O2/c33-20-3-7-25-23-5-1-16(12-27(23)31(36)29(25)14-20)18-9-19(11-22(35)10-18)17-2-6-24-26-8-4-21(34)15-30(26)32(37)28(24)13-17/h1-15H,33-35H2. The Morgan fingerprint density at radius 1 is 0.324 bits per heavy atom. The first-order chi connectivity index (χ1) is 17.9. The normalized spacial score (nSPS) is 12.8. The summed E-state index contributed by atoms with van der Waals surface area (Å²) in [7, 11) is 0. The number of fused-ring (bicyclic) bond motifs is 6. The van der Waals surface area contributed by atoms with E-state index in [9.17, 15) is 9.59 Å². The molecule has 5 aromatic rings. The molecule has 37 heavy (non-hydrogen) atoms. The van der Waals surface area contributed by atoms with Gasteiger partial charge in [-0.3, -0.25) is 9.59 Å². The summed E-state index contributed by atoms with van der Waals surface area (Å²) >= 11 is 0. The molecule has 0 amide bonds. The Bertz CT molecular complexity index is 1720. The molecule has 7 rings (SSSR count).